The van der Waals surface area contributed by atoms with E-state index in [0.717, 1.165) is 17.0 Å². The summed E-state index contributed by atoms with van der Waals surface area (Å²) in [5.41, 5.74) is 3.59. The first kappa shape index (κ1) is 28.9. The van der Waals surface area contributed by atoms with Crippen LogP contribution in [0.1, 0.15) is 24.5 Å². The molecule has 0 spiro atoms. The second kappa shape index (κ2) is 12.0. The quantitative estimate of drug-likeness (QED) is 0.210. The third-order valence-electron chi connectivity index (χ3n) is 7.29. The Kier molecular flexibility index (Phi) is 8.64. The molecular formula is C27H32F2N6O5. The second-order valence-corrected chi connectivity index (χ2v) is 9.63. The Morgan fingerprint density at radius 1 is 1.10 bits per heavy atom. The first-order valence-electron chi connectivity index (χ1n) is 12.9. The average molecular weight is 559 g/mol. The largest absolute Gasteiger partial charge is 0.488 e. The van der Waals surface area contributed by atoms with Crippen LogP contribution in [0.5, 0.6) is 5.75 Å². The highest BCUT2D eigenvalue weighted by Gasteiger charge is 2.61. The van der Waals surface area contributed by atoms with Crippen LogP contribution < -0.4 is 21.1 Å². The summed E-state index contributed by atoms with van der Waals surface area (Å²) in [6.07, 6.45) is -1.14. The van der Waals surface area contributed by atoms with Crippen molar-refractivity contribution in [2.24, 2.45) is 5.73 Å². The van der Waals surface area contributed by atoms with E-state index in [0.29, 0.717) is 11.6 Å². The van der Waals surface area contributed by atoms with Gasteiger partial charge in [0.1, 0.15) is 34.9 Å². The fourth-order valence-electron chi connectivity index (χ4n) is 5.59. The summed E-state index contributed by atoms with van der Waals surface area (Å²) in [4.78, 5) is 42.3. The molecule has 2 fully saturated rings. The van der Waals surface area contributed by atoms with Crippen LogP contribution in [-0.4, -0.2) is 89.9 Å². The van der Waals surface area contributed by atoms with E-state index in [1.54, 1.807) is 6.92 Å². The minimum Gasteiger partial charge on any atom is -0.488 e. The molecule has 0 aromatic heterocycles. The number of nitrogen functional groups attached to an aromatic ring is 1. The van der Waals surface area contributed by atoms with Crippen LogP contribution in [0.25, 0.3) is 0 Å². The van der Waals surface area contributed by atoms with Gasteiger partial charge in [-0.05, 0) is 36.8 Å². The van der Waals surface area contributed by atoms with Crippen LogP contribution in [0.15, 0.2) is 42.5 Å². The molecule has 2 aromatic rings. The number of amidine groups is 1. The number of nitrogens with one attached hydrogen (secondary N) is 3. The van der Waals surface area contributed by atoms with Gasteiger partial charge in [0.15, 0.2) is 6.04 Å². The van der Waals surface area contributed by atoms with Gasteiger partial charge in [-0.3, -0.25) is 15.0 Å². The molecule has 2 aromatic carbocycles. The normalized spacial score (nSPS) is 19.1. The molecule has 2 heterocycles. The molecule has 11 nitrogen and oxygen atoms in total. The van der Waals surface area contributed by atoms with Crippen LogP contribution in [0, 0.1) is 17.0 Å². The molecule has 0 radical (unpaired) electrons. The number of carboxylic acids is 1. The lowest BCUT2D eigenvalue weighted by molar-refractivity contribution is -0.173. The molecule has 2 aliphatic heterocycles. The number of amides is 2. The topological polar surface area (TPSA) is 161 Å². The minimum absolute atomic E-state index is 0.0234. The van der Waals surface area contributed by atoms with Crippen LogP contribution in [0.2, 0.25) is 0 Å². The number of ether oxygens (including phenoxy) is 1. The van der Waals surface area contributed by atoms with Crippen molar-refractivity contribution in [1.82, 2.24) is 20.4 Å². The molecule has 2 saturated heterocycles. The van der Waals surface area contributed by atoms with Crippen molar-refractivity contribution in [3.05, 3.63) is 65.2 Å². The monoisotopic (exact) mass is 558 g/mol. The Bertz CT molecular complexity index is 1290. The average Bonchev–Trinajstić information content (AvgIpc) is 2.92. The van der Waals surface area contributed by atoms with Gasteiger partial charge in [0.05, 0.1) is 13.1 Å². The first-order valence-corrected chi connectivity index (χ1v) is 12.9. The van der Waals surface area contributed by atoms with E-state index in [4.69, 9.17) is 15.9 Å². The summed E-state index contributed by atoms with van der Waals surface area (Å²) in [5, 5.41) is 24.2. The summed E-state index contributed by atoms with van der Waals surface area (Å²) in [6.45, 7) is 1.88. The van der Waals surface area contributed by atoms with Gasteiger partial charge >= 0.3 is 5.97 Å². The Morgan fingerprint density at radius 3 is 2.30 bits per heavy atom. The number of nitrogens with two attached hydrogens (primary N) is 1. The summed E-state index contributed by atoms with van der Waals surface area (Å²) in [7, 11) is 0. The standard InChI is InChI=1S/C27H32F2N6O5/c1-2-21(40-18-6-3-16(4-7-18)25(30)31)27(35-12-10-33-15-23(35)37,19-8-5-17(28)13-20(19)29)24(26(38)39)34-11-9-32-14-22(34)36/h3-8,13,21,24,32-33H,2,9-12,14-15H2,1H3,(H3,30,31)(H,38,39). The fourth-order valence-corrected chi connectivity index (χ4v) is 5.59. The Balaban J connectivity index is 2.02. The number of piperazine rings is 2. The molecule has 13 heteroatoms. The van der Waals surface area contributed by atoms with Gasteiger partial charge in [-0.2, -0.15) is 0 Å². The van der Waals surface area contributed by atoms with Crippen LogP contribution in [0.3, 0.4) is 0 Å². The maximum atomic E-state index is 15.9. The smallest absolute Gasteiger partial charge is 0.329 e. The van der Waals surface area contributed by atoms with E-state index in [2.05, 4.69) is 10.6 Å². The number of carbonyl (C=O) groups excluding carboxylic acids is 2. The van der Waals surface area contributed by atoms with Crippen LogP contribution in [0.4, 0.5) is 8.78 Å². The summed E-state index contributed by atoms with van der Waals surface area (Å²) in [5.74, 6) is -4.45. The number of benzene rings is 2. The Labute approximate surface area is 229 Å². The minimum atomic E-state index is -2.11. The molecule has 0 saturated carbocycles. The van der Waals surface area contributed by atoms with Gasteiger partial charge in [-0.1, -0.05) is 13.0 Å². The summed E-state index contributed by atoms with van der Waals surface area (Å²) < 4.78 is 36.4. The van der Waals surface area contributed by atoms with Crippen molar-refractivity contribution in [2.45, 2.75) is 31.0 Å². The highest BCUT2D eigenvalue weighted by atomic mass is 19.1. The summed E-state index contributed by atoms with van der Waals surface area (Å²) in [6, 6.07) is 7.08. The lowest BCUT2D eigenvalue weighted by Gasteiger charge is -2.55. The van der Waals surface area contributed by atoms with Crippen molar-refractivity contribution in [1.29, 1.82) is 5.41 Å². The molecule has 2 aliphatic rings. The zero-order valence-electron chi connectivity index (χ0n) is 22.0. The number of carboxylic acid groups (broad SMARTS) is 1. The molecule has 2 amide bonds. The van der Waals surface area contributed by atoms with E-state index < -0.39 is 47.1 Å². The van der Waals surface area contributed by atoms with Gasteiger partial charge in [0.2, 0.25) is 11.8 Å². The van der Waals surface area contributed by atoms with E-state index in [9.17, 15) is 23.9 Å². The maximum absolute atomic E-state index is 15.9. The third-order valence-corrected chi connectivity index (χ3v) is 7.29. The zero-order chi connectivity index (χ0) is 29.0. The van der Waals surface area contributed by atoms with E-state index in [1.165, 1.54) is 29.2 Å². The predicted octanol–water partition coefficient (Wildman–Crippen LogP) is 0.619. The van der Waals surface area contributed by atoms with Crippen molar-refractivity contribution < 1.29 is 33.0 Å². The number of aliphatic carboxylic acids is 1. The molecule has 4 rings (SSSR count). The van der Waals surface area contributed by atoms with Crippen molar-refractivity contribution in [2.75, 3.05) is 39.3 Å². The number of halogens is 2. The number of hydrogen-bond acceptors (Lipinski definition) is 7. The molecule has 6 N–H and O–H groups in total. The van der Waals surface area contributed by atoms with Crippen LogP contribution in [-0.2, 0) is 19.9 Å². The van der Waals surface area contributed by atoms with Gasteiger partial charge in [0.25, 0.3) is 0 Å². The van der Waals surface area contributed by atoms with Gasteiger partial charge < -0.3 is 36.0 Å². The molecular weight excluding hydrogens is 526 g/mol. The Morgan fingerprint density at radius 2 is 1.75 bits per heavy atom. The number of rotatable bonds is 10. The second-order valence-electron chi connectivity index (χ2n) is 9.63. The molecule has 40 heavy (non-hydrogen) atoms. The molecule has 0 bridgehead atoms. The molecule has 3 atom stereocenters. The molecule has 3 unspecified atom stereocenters. The SMILES string of the molecule is CCC(Oc1ccc(C(=N)N)cc1)C(c1ccc(F)cc1F)(C(C(=O)O)N1CCNCC1=O)N1CCNCC1=O. The van der Waals surface area contributed by atoms with E-state index in [1.807, 2.05) is 0 Å². The lowest BCUT2D eigenvalue weighted by atomic mass is 9.73. The fraction of sp³-hybridized carbons (Fsp3) is 0.407. The van der Waals surface area contributed by atoms with Crippen LogP contribution >= 0.6 is 0 Å². The Hall–Kier alpha value is -4.10. The predicted molar refractivity (Wildman–Crippen MR) is 141 cm³/mol. The van der Waals surface area contributed by atoms with Crippen molar-refractivity contribution in [3.63, 3.8) is 0 Å². The van der Waals surface area contributed by atoms with Crippen molar-refractivity contribution in [3.8, 4) is 5.75 Å². The summed E-state index contributed by atoms with van der Waals surface area (Å²) >= 11 is 0. The highest BCUT2D eigenvalue weighted by molar-refractivity contribution is 5.95. The van der Waals surface area contributed by atoms with Gasteiger partial charge in [0, 0.05) is 43.4 Å². The zero-order valence-corrected chi connectivity index (χ0v) is 22.0. The molecule has 0 aliphatic carbocycles. The maximum Gasteiger partial charge on any atom is 0.329 e. The van der Waals surface area contributed by atoms with E-state index in [-0.39, 0.29) is 62.8 Å². The molecule has 214 valence electrons. The van der Waals surface area contributed by atoms with Crippen molar-refractivity contribution >= 4 is 23.6 Å². The van der Waals surface area contributed by atoms with E-state index >= 15 is 4.39 Å². The number of nitrogens with zero attached hydrogens (tertiary/aromatic N) is 2. The lowest BCUT2D eigenvalue weighted by Crippen LogP contribution is -2.74. The number of hydrogen-bond donors (Lipinski definition) is 5. The number of carbonyl (C=O) groups is 3. The highest BCUT2D eigenvalue weighted by Crippen LogP contribution is 2.44. The van der Waals surface area contributed by atoms with Gasteiger partial charge in [-0.25, -0.2) is 13.6 Å². The van der Waals surface area contributed by atoms with Gasteiger partial charge in [-0.15, -0.1) is 0 Å². The third kappa shape index (κ3) is 5.34. The first-order chi connectivity index (χ1) is 19.1.